The molecule has 2 rings (SSSR count). The van der Waals surface area contributed by atoms with E-state index in [1.807, 2.05) is 11.4 Å². The molecule has 2 aromatic rings. The predicted octanol–water partition coefficient (Wildman–Crippen LogP) is 2.70. The number of halogens is 1. The summed E-state index contributed by atoms with van der Waals surface area (Å²) in [5.41, 5.74) is 0.190. The molecule has 0 fully saturated rings. The van der Waals surface area contributed by atoms with Gasteiger partial charge in [-0.15, -0.1) is 11.3 Å². The van der Waals surface area contributed by atoms with Crippen molar-refractivity contribution in [3.8, 4) is 0 Å². The number of hydrogen-bond acceptors (Lipinski definition) is 6. The van der Waals surface area contributed by atoms with Gasteiger partial charge in [0.25, 0.3) is 0 Å². The molecule has 0 saturated carbocycles. The zero-order valence-electron chi connectivity index (χ0n) is 9.51. The molecule has 5 nitrogen and oxygen atoms in total. The van der Waals surface area contributed by atoms with Crippen molar-refractivity contribution in [2.24, 2.45) is 0 Å². The fourth-order valence-corrected chi connectivity index (χ4v) is 2.67. The van der Waals surface area contributed by atoms with Crippen LogP contribution < -0.4 is 5.32 Å². The molecular formula is C11H10BrN3O2S. The first kappa shape index (κ1) is 13.0. The number of esters is 1. The largest absolute Gasteiger partial charge is 0.464 e. The Labute approximate surface area is 116 Å². The Balaban J connectivity index is 2.03. The van der Waals surface area contributed by atoms with Gasteiger partial charge in [-0.25, -0.2) is 9.78 Å². The molecule has 0 amide bonds. The van der Waals surface area contributed by atoms with Gasteiger partial charge >= 0.3 is 5.97 Å². The normalized spacial score (nSPS) is 10.1. The average Bonchev–Trinajstić information content (AvgIpc) is 2.81. The molecule has 0 atom stereocenters. The lowest BCUT2D eigenvalue weighted by Crippen LogP contribution is -2.08. The van der Waals surface area contributed by atoms with Gasteiger partial charge in [0.2, 0.25) is 0 Å². The first-order valence-electron chi connectivity index (χ1n) is 5.06. The highest BCUT2D eigenvalue weighted by molar-refractivity contribution is 9.10. The standard InChI is InChI=1S/C11H10BrN3O2S/c1-17-11(16)9-4-13-5-10(15-9)14-3-8-2-7(12)6-18-8/h2,4-6H,3H2,1H3,(H,14,15). The van der Waals surface area contributed by atoms with Crippen molar-refractivity contribution in [3.63, 3.8) is 0 Å². The lowest BCUT2D eigenvalue weighted by molar-refractivity contribution is 0.0593. The Morgan fingerprint density at radius 3 is 3.06 bits per heavy atom. The molecule has 94 valence electrons. The predicted molar refractivity (Wildman–Crippen MR) is 72.7 cm³/mol. The van der Waals surface area contributed by atoms with Gasteiger partial charge < -0.3 is 10.1 Å². The van der Waals surface area contributed by atoms with Crippen molar-refractivity contribution >= 4 is 39.1 Å². The third-order valence-corrected chi connectivity index (χ3v) is 3.79. The molecule has 0 radical (unpaired) electrons. The van der Waals surface area contributed by atoms with Crippen LogP contribution in [0.1, 0.15) is 15.4 Å². The highest BCUT2D eigenvalue weighted by Crippen LogP contribution is 2.20. The maximum atomic E-state index is 11.3. The molecule has 18 heavy (non-hydrogen) atoms. The third kappa shape index (κ3) is 3.27. The number of aromatic nitrogens is 2. The molecule has 2 heterocycles. The number of carbonyl (C=O) groups is 1. The maximum absolute atomic E-state index is 11.3. The lowest BCUT2D eigenvalue weighted by Gasteiger charge is -2.04. The van der Waals surface area contributed by atoms with Crippen molar-refractivity contribution in [1.82, 2.24) is 9.97 Å². The van der Waals surface area contributed by atoms with E-state index in [4.69, 9.17) is 0 Å². The molecule has 0 aliphatic rings. The number of hydrogen-bond donors (Lipinski definition) is 1. The minimum absolute atomic E-state index is 0.190. The summed E-state index contributed by atoms with van der Waals surface area (Å²) in [5.74, 6) is 0.0486. The number of ether oxygens (including phenoxy) is 1. The Hall–Kier alpha value is -1.47. The smallest absolute Gasteiger partial charge is 0.358 e. The molecular weight excluding hydrogens is 318 g/mol. The van der Waals surface area contributed by atoms with Crippen LogP contribution in [-0.4, -0.2) is 23.0 Å². The number of thiophene rings is 1. The summed E-state index contributed by atoms with van der Waals surface area (Å²) in [6.45, 7) is 0.634. The van der Waals surface area contributed by atoms with Gasteiger partial charge in [0.1, 0.15) is 5.82 Å². The summed E-state index contributed by atoms with van der Waals surface area (Å²) >= 11 is 5.03. The van der Waals surface area contributed by atoms with Crippen LogP contribution in [0.5, 0.6) is 0 Å². The molecule has 0 spiro atoms. The number of nitrogens with one attached hydrogen (secondary N) is 1. The Bertz CT molecular complexity index is 559. The fraction of sp³-hybridized carbons (Fsp3) is 0.182. The van der Waals surface area contributed by atoms with Gasteiger partial charge in [-0.1, -0.05) is 0 Å². The van der Waals surface area contributed by atoms with E-state index in [0.29, 0.717) is 12.4 Å². The molecule has 2 aromatic heterocycles. The highest BCUT2D eigenvalue weighted by atomic mass is 79.9. The van der Waals surface area contributed by atoms with Crippen LogP contribution in [0.3, 0.4) is 0 Å². The van der Waals surface area contributed by atoms with Gasteiger partial charge in [-0.2, -0.15) is 0 Å². The van der Waals surface area contributed by atoms with Crippen molar-refractivity contribution in [3.05, 3.63) is 38.9 Å². The van der Waals surface area contributed by atoms with Crippen molar-refractivity contribution < 1.29 is 9.53 Å². The molecule has 0 bridgehead atoms. The first-order chi connectivity index (χ1) is 8.69. The van der Waals surface area contributed by atoms with E-state index in [9.17, 15) is 4.79 Å². The Morgan fingerprint density at radius 1 is 1.56 bits per heavy atom. The molecule has 1 N–H and O–H groups in total. The van der Waals surface area contributed by atoms with Crippen LogP contribution in [0.2, 0.25) is 0 Å². The summed E-state index contributed by atoms with van der Waals surface area (Å²) in [7, 11) is 1.31. The van der Waals surface area contributed by atoms with Crippen LogP contribution in [-0.2, 0) is 11.3 Å². The van der Waals surface area contributed by atoms with Crippen molar-refractivity contribution in [2.75, 3.05) is 12.4 Å². The molecule has 0 aliphatic carbocycles. The van der Waals surface area contributed by atoms with Crippen molar-refractivity contribution in [2.45, 2.75) is 6.54 Å². The van der Waals surface area contributed by atoms with Crippen LogP contribution in [0.25, 0.3) is 0 Å². The second-order valence-corrected chi connectivity index (χ2v) is 5.28. The third-order valence-electron chi connectivity index (χ3n) is 2.09. The van der Waals surface area contributed by atoms with Crippen LogP contribution in [0.15, 0.2) is 28.3 Å². The molecule has 0 unspecified atom stereocenters. The van der Waals surface area contributed by atoms with E-state index in [1.165, 1.54) is 13.3 Å². The number of nitrogens with zero attached hydrogens (tertiary/aromatic N) is 2. The second-order valence-electron chi connectivity index (χ2n) is 3.37. The summed E-state index contributed by atoms with van der Waals surface area (Å²) in [6, 6.07) is 2.02. The van der Waals surface area contributed by atoms with E-state index in [1.54, 1.807) is 17.5 Å². The van der Waals surface area contributed by atoms with Gasteiger partial charge in [0.05, 0.1) is 26.0 Å². The van der Waals surface area contributed by atoms with Gasteiger partial charge in [0.15, 0.2) is 5.69 Å². The van der Waals surface area contributed by atoms with Gasteiger partial charge in [0, 0.05) is 14.7 Å². The number of methoxy groups -OCH3 is 1. The molecule has 0 aliphatic heterocycles. The number of anilines is 1. The van der Waals surface area contributed by atoms with E-state index in [-0.39, 0.29) is 5.69 Å². The lowest BCUT2D eigenvalue weighted by atomic mass is 10.4. The first-order valence-corrected chi connectivity index (χ1v) is 6.73. The minimum atomic E-state index is -0.495. The second kappa shape index (κ2) is 5.92. The number of carbonyl (C=O) groups excluding carboxylic acids is 1. The topological polar surface area (TPSA) is 64.1 Å². The molecule has 7 heteroatoms. The SMILES string of the molecule is COC(=O)c1cncc(NCc2cc(Br)cs2)n1. The summed E-state index contributed by atoms with van der Waals surface area (Å²) in [5, 5.41) is 5.11. The van der Waals surface area contributed by atoms with Crippen molar-refractivity contribution in [1.29, 1.82) is 0 Å². The molecule has 0 saturated heterocycles. The van der Waals surface area contributed by atoms with Crippen LogP contribution >= 0.6 is 27.3 Å². The zero-order valence-corrected chi connectivity index (χ0v) is 11.9. The summed E-state index contributed by atoms with van der Waals surface area (Å²) in [4.78, 5) is 20.5. The van der Waals surface area contributed by atoms with Crippen LogP contribution in [0.4, 0.5) is 5.82 Å². The Morgan fingerprint density at radius 2 is 2.39 bits per heavy atom. The fourth-order valence-electron chi connectivity index (χ4n) is 1.28. The maximum Gasteiger partial charge on any atom is 0.358 e. The monoisotopic (exact) mass is 327 g/mol. The van der Waals surface area contributed by atoms with E-state index < -0.39 is 5.97 Å². The zero-order chi connectivity index (χ0) is 13.0. The minimum Gasteiger partial charge on any atom is -0.464 e. The molecule has 0 aromatic carbocycles. The summed E-state index contributed by atoms with van der Waals surface area (Å²) < 4.78 is 5.64. The van der Waals surface area contributed by atoms with Gasteiger partial charge in [-0.3, -0.25) is 4.98 Å². The van der Waals surface area contributed by atoms with Crippen LogP contribution in [0, 0.1) is 0 Å². The van der Waals surface area contributed by atoms with E-state index >= 15 is 0 Å². The van der Waals surface area contributed by atoms with E-state index in [0.717, 1.165) is 9.35 Å². The number of rotatable bonds is 4. The summed E-state index contributed by atoms with van der Waals surface area (Å²) in [6.07, 6.45) is 2.94. The highest BCUT2D eigenvalue weighted by Gasteiger charge is 2.08. The average molecular weight is 328 g/mol. The van der Waals surface area contributed by atoms with Gasteiger partial charge in [-0.05, 0) is 22.0 Å². The Kier molecular flexibility index (Phi) is 4.27. The quantitative estimate of drug-likeness (QED) is 0.875. The van der Waals surface area contributed by atoms with E-state index in [2.05, 4.69) is 36.0 Å².